The Morgan fingerprint density at radius 1 is 1.20 bits per heavy atom. The zero-order valence-corrected chi connectivity index (χ0v) is 17.9. The van der Waals surface area contributed by atoms with Crippen molar-refractivity contribution in [3.8, 4) is 5.75 Å². The summed E-state index contributed by atoms with van der Waals surface area (Å²) in [5, 5.41) is 11.4. The highest BCUT2D eigenvalue weighted by Gasteiger charge is 2.39. The van der Waals surface area contributed by atoms with E-state index in [2.05, 4.69) is 32.3 Å². The summed E-state index contributed by atoms with van der Waals surface area (Å²) in [6, 6.07) is 7.27. The molecule has 1 aromatic carbocycles. The Morgan fingerprint density at radius 3 is 2.73 bits per heavy atom. The number of anilines is 1. The van der Waals surface area contributed by atoms with Crippen LogP contribution in [0.25, 0.3) is 0 Å². The van der Waals surface area contributed by atoms with E-state index in [1.165, 1.54) is 4.88 Å². The number of amides is 1. The number of likely N-dealkylation sites (tertiary alicyclic amines) is 1. The van der Waals surface area contributed by atoms with Crippen LogP contribution in [0.5, 0.6) is 5.75 Å². The van der Waals surface area contributed by atoms with E-state index in [1.54, 1.807) is 18.4 Å². The fourth-order valence-electron chi connectivity index (χ4n) is 4.46. The zero-order chi connectivity index (χ0) is 20.7. The monoisotopic (exact) mass is 424 g/mol. The molecule has 1 amide bonds. The largest absolute Gasteiger partial charge is 0.497 e. The maximum absolute atomic E-state index is 12.8. The van der Waals surface area contributed by atoms with Gasteiger partial charge in [-0.3, -0.25) is 9.69 Å². The number of aryl methyl sites for hydroxylation is 1. The molecule has 9 heteroatoms. The average Bonchev–Trinajstić information content (AvgIpc) is 3.45. The Labute approximate surface area is 178 Å². The van der Waals surface area contributed by atoms with Crippen molar-refractivity contribution in [1.29, 1.82) is 0 Å². The molecule has 1 N–H and O–H groups in total. The topological polar surface area (TPSA) is 85.2 Å². The number of hydrogen-bond donors (Lipinski definition) is 1. The lowest BCUT2D eigenvalue weighted by Crippen LogP contribution is -2.31. The minimum Gasteiger partial charge on any atom is -0.497 e. The first-order chi connectivity index (χ1) is 14.6. The van der Waals surface area contributed by atoms with Gasteiger partial charge in [-0.05, 0) is 43.0 Å². The van der Waals surface area contributed by atoms with Crippen LogP contribution in [0.1, 0.15) is 27.0 Å². The lowest BCUT2D eigenvalue weighted by molar-refractivity contribution is 0.100. The van der Waals surface area contributed by atoms with Crippen LogP contribution in [0.3, 0.4) is 0 Å². The molecule has 2 atom stereocenters. The highest BCUT2D eigenvalue weighted by atomic mass is 32.1. The molecule has 2 aliphatic heterocycles. The maximum Gasteiger partial charge on any atom is 0.293 e. The summed E-state index contributed by atoms with van der Waals surface area (Å²) < 4.78 is 7.16. The van der Waals surface area contributed by atoms with E-state index in [-0.39, 0.29) is 5.91 Å². The maximum atomic E-state index is 12.8. The molecule has 1 saturated heterocycles. The number of benzene rings is 1. The average molecular weight is 425 g/mol. The highest BCUT2D eigenvalue weighted by Crippen LogP contribution is 2.34. The third kappa shape index (κ3) is 3.59. The highest BCUT2D eigenvalue weighted by molar-refractivity contribution is 7.09. The molecule has 30 heavy (non-hydrogen) atoms. The Kier molecular flexibility index (Phi) is 5.00. The molecule has 0 radical (unpaired) electrons. The summed E-state index contributed by atoms with van der Waals surface area (Å²) in [6.07, 6.45) is 0.867. The first kappa shape index (κ1) is 19.2. The molecule has 4 heterocycles. The van der Waals surface area contributed by atoms with Gasteiger partial charge in [-0.2, -0.15) is 0 Å². The van der Waals surface area contributed by atoms with Crippen molar-refractivity contribution in [2.24, 2.45) is 11.8 Å². The van der Waals surface area contributed by atoms with Gasteiger partial charge in [-0.25, -0.2) is 4.98 Å². The van der Waals surface area contributed by atoms with Gasteiger partial charge in [-0.15, -0.1) is 21.5 Å². The van der Waals surface area contributed by atoms with Crippen LogP contribution in [-0.2, 0) is 19.5 Å². The Hall–Kier alpha value is -2.78. The number of fused-ring (bicyclic) bond motifs is 2. The molecule has 1 fully saturated rings. The number of nitrogens with one attached hydrogen (secondary N) is 1. The number of rotatable bonds is 5. The smallest absolute Gasteiger partial charge is 0.293 e. The lowest BCUT2D eigenvalue weighted by Gasteiger charge is -2.25. The van der Waals surface area contributed by atoms with Crippen molar-refractivity contribution in [2.75, 3.05) is 25.5 Å². The quantitative estimate of drug-likeness (QED) is 0.678. The molecular weight excluding hydrogens is 400 g/mol. The molecule has 0 bridgehead atoms. The second-order valence-electron chi connectivity index (χ2n) is 8.01. The second-order valence-corrected chi connectivity index (χ2v) is 8.95. The van der Waals surface area contributed by atoms with Crippen LogP contribution in [0.2, 0.25) is 0 Å². The van der Waals surface area contributed by atoms with Crippen molar-refractivity contribution in [3.05, 3.63) is 52.0 Å². The Morgan fingerprint density at radius 2 is 2.00 bits per heavy atom. The van der Waals surface area contributed by atoms with Crippen LogP contribution in [0.4, 0.5) is 5.69 Å². The van der Waals surface area contributed by atoms with E-state index in [0.29, 0.717) is 23.3 Å². The number of nitrogens with zero attached hydrogens (tertiary/aromatic N) is 5. The van der Waals surface area contributed by atoms with Crippen molar-refractivity contribution in [3.63, 3.8) is 0 Å². The number of methoxy groups -OCH3 is 1. The molecule has 2 unspecified atom stereocenters. The molecule has 5 rings (SSSR count). The second kappa shape index (κ2) is 7.81. The lowest BCUT2D eigenvalue weighted by atomic mass is 9.89. The van der Waals surface area contributed by atoms with Gasteiger partial charge in [0, 0.05) is 43.2 Å². The van der Waals surface area contributed by atoms with Crippen molar-refractivity contribution in [1.82, 2.24) is 24.6 Å². The van der Waals surface area contributed by atoms with E-state index >= 15 is 0 Å². The van der Waals surface area contributed by atoms with Crippen LogP contribution >= 0.6 is 11.3 Å². The predicted octanol–water partition coefficient (Wildman–Crippen LogP) is 2.61. The molecular formula is C21H24N6O2S. The third-order valence-electron chi connectivity index (χ3n) is 6.10. The van der Waals surface area contributed by atoms with E-state index in [9.17, 15) is 4.79 Å². The molecule has 156 valence electrons. The molecule has 3 aromatic rings. The van der Waals surface area contributed by atoms with E-state index in [1.807, 2.05) is 34.3 Å². The SMILES string of the molecule is COc1ccc(NC(=O)c2nnc3n2CC2CN(Cc4scnc4C)CC2C3)cc1. The number of hydrogen-bond acceptors (Lipinski definition) is 7. The number of aromatic nitrogens is 4. The fraction of sp³-hybridized carbons (Fsp3) is 0.429. The summed E-state index contributed by atoms with van der Waals surface area (Å²) >= 11 is 1.73. The van der Waals surface area contributed by atoms with Crippen LogP contribution in [-0.4, -0.2) is 50.8 Å². The van der Waals surface area contributed by atoms with Gasteiger partial charge in [0.2, 0.25) is 5.82 Å². The third-order valence-corrected chi connectivity index (χ3v) is 7.02. The van der Waals surface area contributed by atoms with Gasteiger partial charge in [0.25, 0.3) is 5.91 Å². The summed E-state index contributed by atoms with van der Waals surface area (Å²) in [4.78, 5) is 21.0. The van der Waals surface area contributed by atoms with Crippen molar-refractivity contribution in [2.45, 2.75) is 26.4 Å². The number of ether oxygens (including phenoxy) is 1. The van der Waals surface area contributed by atoms with E-state index in [0.717, 1.165) is 49.9 Å². The number of carbonyl (C=O) groups excluding carboxylic acids is 1. The zero-order valence-electron chi connectivity index (χ0n) is 17.0. The molecule has 8 nitrogen and oxygen atoms in total. The fourth-order valence-corrected chi connectivity index (χ4v) is 5.28. The predicted molar refractivity (Wildman–Crippen MR) is 114 cm³/mol. The summed E-state index contributed by atoms with van der Waals surface area (Å²) in [7, 11) is 1.62. The molecule has 0 aliphatic carbocycles. The summed E-state index contributed by atoms with van der Waals surface area (Å²) in [5.41, 5.74) is 3.76. The molecule has 0 spiro atoms. The minimum atomic E-state index is -0.229. The van der Waals surface area contributed by atoms with Gasteiger partial charge < -0.3 is 14.6 Å². The van der Waals surface area contributed by atoms with Gasteiger partial charge in [-0.1, -0.05) is 0 Å². The van der Waals surface area contributed by atoms with Crippen LogP contribution in [0, 0.1) is 18.8 Å². The van der Waals surface area contributed by atoms with Crippen molar-refractivity contribution >= 4 is 22.9 Å². The summed E-state index contributed by atoms with van der Waals surface area (Å²) in [5.74, 6) is 2.88. The first-order valence-electron chi connectivity index (χ1n) is 10.1. The standard InChI is InChI=1S/C21H24N6O2S/c1-13-18(30-12-22-13)11-26-8-14-7-19-24-25-20(27(19)10-15(14)9-26)21(28)23-16-3-5-17(29-2)6-4-16/h3-6,12,14-15H,7-11H2,1-2H3,(H,23,28). The number of thiazole rings is 1. The summed E-state index contributed by atoms with van der Waals surface area (Å²) in [6.45, 7) is 5.90. The molecule has 0 saturated carbocycles. The van der Waals surface area contributed by atoms with E-state index < -0.39 is 0 Å². The minimum absolute atomic E-state index is 0.229. The van der Waals surface area contributed by atoms with E-state index in [4.69, 9.17) is 4.74 Å². The molecule has 2 aliphatic rings. The van der Waals surface area contributed by atoms with Crippen molar-refractivity contribution < 1.29 is 9.53 Å². The number of carbonyl (C=O) groups is 1. The van der Waals surface area contributed by atoms with Crippen LogP contribution < -0.4 is 10.1 Å². The van der Waals surface area contributed by atoms with Gasteiger partial charge >= 0.3 is 0 Å². The molecule has 2 aromatic heterocycles. The van der Waals surface area contributed by atoms with Gasteiger partial charge in [0.1, 0.15) is 11.6 Å². The normalized spacial score (nSPS) is 20.6. The Bertz CT molecular complexity index is 1060. The van der Waals surface area contributed by atoms with Gasteiger partial charge in [0.05, 0.1) is 18.3 Å². The first-order valence-corrected chi connectivity index (χ1v) is 11.0. The van der Waals surface area contributed by atoms with Crippen LogP contribution in [0.15, 0.2) is 29.8 Å². The Balaban J connectivity index is 1.27. The van der Waals surface area contributed by atoms with Gasteiger partial charge in [0.15, 0.2) is 0 Å².